The first kappa shape index (κ1) is 20.4. The summed E-state index contributed by atoms with van der Waals surface area (Å²) >= 11 is 0. The van der Waals surface area contributed by atoms with Gasteiger partial charge in [-0.05, 0) is 49.6 Å². The van der Waals surface area contributed by atoms with Gasteiger partial charge in [0.1, 0.15) is 11.5 Å². The van der Waals surface area contributed by atoms with Gasteiger partial charge in [-0.15, -0.1) is 0 Å². The molecule has 2 aliphatic rings. The van der Waals surface area contributed by atoms with Gasteiger partial charge in [0.25, 0.3) is 5.91 Å². The summed E-state index contributed by atoms with van der Waals surface area (Å²) in [7, 11) is 0. The molecule has 0 bridgehead atoms. The molecule has 2 aliphatic heterocycles. The summed E-state index contributed by atoms with van der Waals surface area (Å²) < 4.78 is 15.6. The van der Waals surface area contributed by atoms with Crippen LogP contribution in [-0.4, -0.2) is 39.6 Å². The molecule has 6 nitrogen and oxygen atoms in total. The van der Waals surface area contributed by atoms with Crippen LogP contribution in [0.3, 0.4) is 0 Å². The minimum atomic E-state index is -0.590. The van der Waals surface area contributed by atoms with E-state index in [0.717, 1.165) is 5.56 Å². The molecule has 2 amide bonds. The van der Waals surface area contributed by atoms with Crippen molar-refractivity contribution < 1.29 is 14.0 Å². The summed E-state index contributed by atoms with van der Waals surface area (Å²) in [5.41, 5.74) is 1.44. The standard InChI is InChI=1S/C25H25FN4O2/c1-2-29-14-11-21(27-29)23(31)28-15-12-25(13-16-28)22(18-7-4-3-5-8-18)30(24(25)32)20-10-6-9-19(26)17-20/h3-11,14,17,22H,2,12-13,15-16H2,1H3. The van der Waals surface area contributed by atoms with Crippen LogP contribution in [0.15, 0.2) is 66.9 Å². The van der Waals surface area contributed by atoms with E-state index in [2.05, 4.69) is 5.10 Å². The lowest BCUT2D eigenvalue weighted by atomic mass is 9.62. The number of rotatable bonds is 4. The van der Waals surface area contributed by atoms with Crippen LogP contribution in [0.1, 0.15) is 41.9 Å². The van der Waals surface area contributed by atoms with Crippen LogP contribution in [0.2, 0.25) is 0 Å². The second-order valence-electron chi connectivity index (χ2n) is 8.47. The fourth-order valence-corrected chi connectivity index (χ4v) is 5.06. The van der Waals surface area contributed by atoms with Gasteiger partial charge < -0.3 is 9.80 Å². The third kappa shape index (κ3) is 3.20. The largest absolute Gasteiger partial charge is 0.337 e. The van der Waals surface area contributed by atoms with Gasteiger partial charge >= 0.3 is 0 Å². The van der Waals surface area contributed by atoms with Crippen molar-refractivity contribution in [2.24, 2.45) is 5.41 Å². The van der Waals surface area contributed by atoms with Crippen molar-refractivity contribution in [2.45, 2.75) is 32.4 Å². The van der Waals surface area contributed by atoms with Gasteiger partial charge in [-0.25, -0.2) is 4.39 Å². The third-order valence-electron chi connectivity index (χ3n) is 6.75. The van der Waals surface area contributed by atoms with Gasteiger partial charge in [0.05, 0.1) is 11.5 Å². The number of anilines is 1. The SMILES string of the molecule is CCn1ccc(C(=O)N2CCC3(CC2)C(=O)N(c2cccc(F)c2)C3c2ccccc2)n1. The fraction of sp³-hybridized carbons (Fsp3) is 0.320. The molecule has 1 unspecified atom stereocenters. The lowest BCUT2D eigenvalue weighted by Crippen LogP contribution is -2.67. The van der Waals surface area contributed by atoms with E-state index in [1.807, 2.05) is 37.3 Å². The van der Waals surface area contributed by atoms with Crippen molar-refractivity contribution in [3.8, 4) is 0 Å². The number of halogens is 1. The molecule has 2 saturated heterocycles. The summed E-state index contributed by atoms with van der Waals surface area (Å²) in [5.74, 6) is -0.466. The zero-order valence-electron chi connectivity index (χ0n) is 17.9. The normalized spacial score (nSPS) is 19.8. The summed E-state index contributed by atoms with van der Waals surface area (Å²) in [6, 6.07) is 17.6. The summed E-state index contributed by atoms with van der Waals surface area (Å²) in [4.78, 5) is 29.9. The zero-order chi connectivity index (χ0) is 22.3. The van der Waals surface area contributed by atoms with Crippen molar-refractivity contribution in [1.82, 2.24) is 14.7 Å². The number of nitrogens with zero attached hydrogens (tertiary/aromatic N) is 4. The van der Waals surface area contributed by atoms with Crippen LogP contribution < -0.4 is 4.90 Å². The number of piperidine rings is 1. The fourth-order valence-electron chi connectivity index (χ4n) is 5.06. The molecule has 0 N–H and O–H groups in total. The Hall–Kier alpha value is -3.48. The first-order chi connectivity index (χ1) is 15.5. The molecular weight excluding hydrogens is 407 g/mol. The van der Waals surface area contributed by atoms with E-state index in [9.17, 15) is 14.0 Å². The van der Waals surface area contributed by atoms with E-state index in [1.54, 1.807) is 38.9 Å². The van der Waals surface area contributed by atoms with Crippen molar-refractivity contribution in [1.29, 1.82) is 0 Å². The van der Waals surface area contributed by atoms with Gasteiger partial charge in [-0.3, -0.25) is 14.3 Å². The number of carbonyl (C=O) groups excluding carboxylic acids is 2. The van der Waals surface area contributed by atoms with Crippen LogP contribution >= 0.6 is 0 Å². The van der Waals surface area contributed by atoms with Gasteiger partial charge in [-0.2, -0.15) is 5.10 Å². The lowest BCUT2D eigenvalue weighted by Gasteiger charge is -2.59. The minimum Gasteiger partial charge on any atom is -0.337 e. The van der Waals surface area contributed by atoms with E-state index in [4.69, 9.17) is 0 Å². The van der Waals surface area contributed by atoms with E-state index >= 15 is 0 Å². The van der Waals surface area contributed by atoms with E-state index in [-0.39, 0.29) is 23.7 Å². The number of hydrogen-bond donors (Lipinski definition) is 0. The Morgan fingerprint density at radius 1 is 1.09 bits per heavy atom. The predicted octanol–water partition coefficient (Wildman–Crippen LogP) is 4.05. The van der Waals surface area contributed by atoms with Gasteiger partial charge in [0.2, 0.25) is 5.91 Å². The van der Waals surface area contributed by atoms with Crippen LogP contribution in [0.5, 0.6) is 0 Å². The number of hydrogen-bond acceptors (Lipinski definition) is 3. The van der Waals surface area contributed by atoms with Gasteiger partial charge in [-0.1, -0.05) is 36.4 Å². The summed E-state index contributed by atoms with van der Waals surface area (Å²) in [6.07, 6.45) is 2.94. The van der Waals surface area contributed by atoms with Crippen molar-refractivity contribution in [3.63, 3.8) is 0 Å². The number of amides is 2. The highest BCUT2D eigenvalue weighted by Crippen LogP contribution is 2.57. The molecule has 2 fully saturated rings. The molecule has 1 spiro atoms. The van der Waals surface area contributed by atoms with Crippen molar-refractivity contribution >= 4 is 17.5 Å². The highest BCUT2D eigenvalue weighted by Gasteiger charge is 2.62. The molecule has 5 rings (SSSR count). The third-order valence-corrected chi connectivity index (χ3v) is 6.75. The lowest BCUT2D eigenvalue weighted by molar-refractivity contribution is -0.144. The van der Waals surface area contributed by atoms with Crippen LogP contribution in [0, 0.1) is 11.2 Å². The average Bonchev–Trinajstić information content (AvgIpc) is 3.31. The van der Waals surface area contributed by atoms with E-state index < -0.39 is 5.41 Å². The number of aryl methyl sites for hydroxylation is 1. The van der Waals surface area contributed by atoms with Crippen LogP contribution in [0.25, 0.3) is 0 Å². The molecule has 1 atom stereocenters. The monoisotopic (exact) mass is 432 g/mol. The first-order valence-electron chi connectivity index (χ1n) is 11.0. The number of aromatic nitrogens is 2. The Labute approximate surface area is 186 Å². The van der Waals surface area contributed by atoms with Gasteiger partial charge in [0, 0.05) is 31.5 Å². The molecule has 1 aromatic heterocycles. The molecule has 0 aliphatic carbocycles. The Bertz CT molecular complexity index is 1150. The quantitative estimate of drug-likeness (QED) is 0.585. The second-order valence-corrected chi connectivity index (χ2v) is 8.47. The maximum atomic E-state index is 13.9. The molecule has 7 heteroatoms. The zero-order valence-corrected chi connectivity index (χ0v) is 17.9. The Balaban J connectivity index is 1.41. The predicted molar refractivity (Wildman–Crippen MR) is 119 cm³/mol. The Morgan fingerprint density at radius 2 is 1.84 bits per heavy atom. The smallest absolute Gasteiger partial charge is 0.274 e. The topological polar surface area (TPSA) is 58.4 Å². The van der Waals surface area contributed by atoms with Crippen molar-refractivity contribution in [2.75, 3.05) is 18.0 Å². The molecule has 0 saturated carbocycles. The highest BCUT2D eigenvalue weighted by molar-refractivity contribution is 6.06. The molecular formula is C25H25FN4O2. The Morgan fingerprint density at radius 3 is 2.50 bits per heavy atom. The average molecular weight is 432 g/mol. The number of β-lactam (4-membered cyclic amide) rings is 1. The molecule has 2 aromatic carbocycles. The Kier molecular flexibility index (Phi) is 5.04. The van der Waals surface area contributed by atoms with E-state index in [1.165, 1.54) is 12.1 Å². The summed E-state index contributed by atoms with van der Waals surface area (Å²) in [5, 5.41) is 4.33. The second kappa shape index (κ2) is 7.89. The van der Waals surface area contributed by atoms with E-state index in [0.29, 0.717) is 43.9 Å². The molecule has 0 radical (unpaired) electrons. The number of carbonyl (C=O) groups is 2. The van der Waals surface area contributed by atoms with Crippen LogP contribution in [-0.2, 0) is 11.3 Å². The van der Waals surface area contributed by atoms with Crippen LogP contribution in [0.4, 0.5) is 10.1 Å². The van der Waals surface area contributed by atoms with Crippen molar-refractivity contribution in [3.05, 3.63) is 83.9 Å². The maximum Gasteiger partial charge on any atom is 0.274 e. The van der Waals surface area contributed by atoms with Gasteiger partial charge in [0.15, 0.2) is 0 Å². The number of likely N-dealkylation sites (tertiary alicyclic amines) is 1. The molecule has 164 valence electrons. The summed E-state index contributed by atoms with van der Waals surface area (Å²) in [6.45, 7) is 3.66. The maximum absolute atomic E-state index is 13.9. The number of benzene rings is 2. The molecule has 32 heavy (non-hydrogen) atoms. The molecule has 3 heterocycles. The first-order valence-corrected chi connectivity index (χ1v) is 11.0. The molecule has 3 aromatic rings. The highest BCUT2D eigenvalue weighted by atomic mass is 19.1. The minimum absolute atomic E-state index is 0.000636.